The van der Waals surface area contributed by atoms with Gasteiger partial charge >= 0.3 is 0 Å². The summed E-state index contributed by atoms with van der Waals surface area (Å²) in [5.41, 5.74) is 5.51. The molecule has 4 heterocycles. The van der Waals surface area contributed by atoms with E-state index in [0.717, 1.165) is 66.4 Å². The van der Waals surface area contributed by atoms with Gasteiger partial charge < -0.3 is 15.3 Å². The standard InChI is InChI=1S/C30H31N5O2/c36-24-16-22-11-12-23(17-24)35(22)21-9-6-18(7-10-21)28-25-15-20(8-13-26(25)33-34-28)30(37)32-29(19-4-5-19)27-3-1-2-14-31-27/h1-3,6-10,13-15,19,22-24,29,36H,4-5,11-12,16-17H2,(H,32,37)(H,33,34)/t22-,23+,24+,29?. The molecule has 3 fully saturated rings. The van der Waals surface area contributed by atoms with E-state index in [2.05, 4.69) is 49.7 Å². The van der Waals surface area contributed by atoms with Crippen LogP contribution in [0.3, 0.4) is 0 Å². The number of fused-ring (bicyclic) bond motifs is 3. The molecule has 0 spiro atoms. The molecule has 1 amide bonds. The van der Waals surface area contributed by atoms with Crippen molar-refractivity contribution in [3.05, 3.63) is 78.1 Å². The van der Waals surface area contributed by atoms with Crippen molar-refractivity contribution >= 4 is 22.5 Å². The van der Waals surface area contributed by atoms with Crippen LogP contribution in [-0.4, -0.2) is 44.4 Å². The van der Waals surface area contributed by atoms with E-state index < -0.39 is 0 Å². The fourth-order valence-corrected chi connectivity index (χ4v) is 6.38. The number of carbonyl (C=O) groups is 1. The van der Waals surface area contributed by atoms with Crippen molar-refractivity contribution in [3.63, 3.8) is 0 Å². The molecule has 1 aliphatic carbocycles. The van der Waals surface area contributed by atoms with Crippen LogP contribution in [0.1, 0.15) is 60.6 Å². The number of pyridine rings is 1. The van der Waals surface area contributed by atoms with Gasteiger partial charge in [-0.15, -0.1) is 0 Å². The number of nitrogens with one attached hydrogen (secondary N) is 2. The van der Waals surface area contributed by atoms with E-state index in [4.69, 9.17) is 0 Å². The summed E-state index contributed by atoms with van der Waals surface area (Å²) >= 11 is 0. The van der Waals surface area contributed by atoms with Gasteiger partial charge in [-0.1, -0.05) is 18.2 Å². The van der Waals surface area contributed by atoms with E-state index in [0.29, 0.717) is 23.6 Å². The number of piperidine rings is 1. The van der Waals surface area contributed by atoms with Gasteiger partial charge in [0.25, 0.3) is 5.91 Å². The summed E-state index contributed by atoms with van der Waals surface area (Å²) in [6, 6.07) is 20.9. The molecule has 0 radical (unpaired) electrons. The number of H-pyrrole nitrogens is 1. The van der Waals surface area contributed by atoms with Crippen LogP contribution in [0.25, 0.3) is 22.2 Å². The van der Waals surface area contributed by atoms with Crippen molar-refractivity contribution < 1.29 is 9.90 Å². The van der Waals surface area contributed by atoms with Crippen LogP contribution in [0.5, 0.6) is 0 Å². The van der Waals surface area contributed by atoms with E-state index >= 15 is 0 Å². The molecular weight excluding hydrogens is 462 g/mol. The van der Waals surface area contributed by atoms with Crippen molar-refractivity contribution in [2.75, 3.05) is 4.90 Å². The summed E-state index contributed by atoms with van der Waals surface area (Å²) in [5, 5.41) is 22.0. The molecule has 2 aromatic carbocycles. The zero-order valence-corrected chi connectivity index (χ0v) is 20.7. The number of aromatic nitrogens is 3. The minimum Gasteiger partial charge on any atom is -0.393 e. The predicted molar refractivity (Wildman–Crippen MR) is 143 cm³/mol. The Hall–Kier alpha value is -3.71. The number of aromatic amines is 1. The van der Waals surface area contributed by atoms with Crippen LogP contribution >= 0.6 is 0 Å². The quantitative estimate of drug-likeness (QED) is 0.352. The van der Waals surface area contributed by atoms with Gasteiger partial charge in [0, 0.05) is 40.5 Å². The molecule has 2 bridgehead atoms. The van der Waals surface area contributed by atoms with Crippen LogP contribution in [0.2, 0.25) is 0 Å². The first-order valence-corrected chi connectivity index (χ1v) is 13.4. The maximum Gasteiger partial charge on any atom is 0.251 e. The molecule has 4 atom stereocenters. The third-order valence-corrected chi connectivity index (χ3v) is 8.36. The first-order chi connectivity index (χ1) is 18.1. The maximum absolute atomic E-state index is 13.3. The SMILES string of the molecule is O=C(NC(c1ccccn1)C1CC1)c1ccc2[nH]nc(-c3ccc(N4[C@@H]5CC[C@H]4C[C@@H](O)C5)cc3)c2c1. The van der Waals surface area contributed by atoms with Gasteiger partial charge in [-0.3, -0.25) is 14.9 Å². The highest BCUT2D eigenvalue weighted by Crippen LogP contribution is 2.41. The Kier molecular flexibility index (Phi) is 5.47. The molecule has 2 saturated heterocycles. The molecule has 37 heavy (non-hydrogen) atoms. The minimum absolute atomic E-state index is 0.0630. The van der Waals surface area contributed by atoms with Gasteiger partial charge in [0.1, 0.15) is 0 Å². The fourth-order valence-electron chi connectivity index (χ4n) is 6.38. The first kappa shape index (κ1) is 22.5. The number of amides is 1. The Bertz CT molecular complexity index is 1420. The van der Waals surface area contributed by atoms with Crippen LogP contribution in [0.15, 0.2) is 66.9 Å². The van der Waals surface area contributed by atoms with Crippen LogP contribution in [-0.2, 0) is 0 Å². The van der Waals surface area contributed by atoms with Crippen molar-refractivity contribution in [2.24, 2.45) is 5.92 Å². The zero-order valence-electron chi connectivity index (χ0n) is 20.7. The van der Waals surface area contributed by atoms with E-state index in [1.54, 1.807) is 6.20 Å². The molecule has 2 aromatic heterocycles. The third kappa shape index (κ3) is 4.17. The lowest BCUT2D eigenvalue weighted by Gasteiger charge is -2.39. The molecule has 1 unspecified atom stereocenters. The topological polar surface area (TPSA) is 94.1 Å². The molecular formula is C30H31N5O2. The highest BCUT2D eigenvalue weighted by Gasteiger charge is 2.40. The van der Waals surface area contributed by atoms with Crippen molar-refractivity contribution in [1.82, 2.24) is 20.5 Å². The van der Waals surface area contributed by atoms with E-state index in [-0.39, 0.29) is 18.1 Å². The van der Waals surface area contributed by atoms with Gasteiger partial charge in [0.15, 0.2) is 0 Å². The Labute approximate surface area is 215 Å². The van der Waals surface area contributed by atoms with E-state index in [1.165, 1.54) is 5.69 Å². The second-order valence-electron chi connectivity index (χ2n) is 10.8. The van der Waals surface area contributed by atoms with E-state index in [1.807, 2.05) is 36.4 Å². The highest BCUT2D eigenvalue weighted by atomic mass is 16.3. The number of hydrogen-bond acceptors (Lipinski definition) is 5. The number of nitrogens with zero attached hydrogens (tertiary/aromatic N) is 3. The largest absolute Gasteiger partial charge is 0.393 e. The summed E-state index contributed by atoms with van der Waals surface area (Å²) in [6.07, 6.45) is 7.86. The molecule has 1 saturated carbocycles. The summed E-state index contributed by atoms with van der Waals surface area (Å²) in [5.74, 6) is 0.360. The summed E-state index contributed by atoms with van der Waals surface area (Å²) < 4.78 is 0. The van der Waals surface area contributed by atoms with Gasteiger partial charge in [0.2, 0.25) is 0 Å². The second-order valence-corrected chi connectivity index (χ2v) is 10.8. The summed E-state index contributed by atoms with van der Waals surface area (Å²) in [4.78, 5) is 20.3. The molecule has 188 valence electrons. The fraction of sp³-hybridized carbons (Fsp3) is 0.367. The number of aliphatic hydroxyl groups excluding tert-OH is 1. The Morgan fingerprint density at radius 1 is 1.00 bits per heavy atom. The lowest BCUT2D eigenvalue weighted by Crippen LogP contribution is -2.44. The Balaban J connectivity index is 1.14. The van der Waals surface area contributed by atoms with Crippen LogP contribution < -0.4 is 10.2 Å². The van der Waals surface area contributed by atoms with Gasteiger partial charge in [-0.05, 0) is 86.9 Å². The predicted octanol–water partition coefficient (Wildman–Crippen LogP) is 5.00. The summed E-state index contributed by atoms with van der Waals surface area (Å²) in [6.45, 7) is 0. The molecule has 7 heteroatoms. The number of aliphatic hydroxyl groups is 1. The maximum atomic E-state index is 13.3. The highest BCUT2D eigenvalue weighted by molar-refractivity contribution is 6.01. The second kappa shape index (κ2) is 8.99. The van der Waals surface area contributed by atoms with Crippen molar-refractivity contribution in [2.45, 2.75) is 62.8 Å². The van der Waals surface area contributed by atoms with Crippen LogP contribution in [0, 0.1) is 5.92 Å². The Morgan fingerprint density at radius 3 is 2.49 bits per heavy atom. The lowest BCUT2D eigenvalue weighted by atomic mass is 9.98. The number of hydrogen-bond donors (Lipinski definition) is 3. The average Bonchev–Trinajstić information content (AvgIpc) is 3.62. The van der Waals surface area contributed by atoms with Gasteiger partial charge in [-0.25, -0.2) is 0 Å². The van der Waals surface area contributed by atoms with Crippen LogP contribution in [0.4, 0.5) is 5.69 Å². The molecule has 4 aromatic rings. The molecule has 3 N–H and O–H groups in total. The third-order valence-electron chi connectivity index (χ3n) is 8.36. The number of rotatable bonds is 6. The molecule has 3 aliphatic rings. The molecule has 7 rings (SSSR count). The minimum atomic E-state index is -0.168. The average molecular weight is 494 g/mol. The van der Waals surface area contributed by atoms with Gasteiger partial charge in [-0.2, -0.15) is 5.10 Å². The van der Waals surface area contributed by atoms with E-state index in [9.17, 15) is 9.90 Å². The normalized spacial score (nSPS) is 23.8. The molecule has 2 aliphatic heterocycles. The smallest absolute Gasteiger partial charge is 0.251 e. The lowest BCUT2D eigenvalue weighted by molar-refractivity contribution is 0.0930. The first-order valence-electron chi connectivity index (χ1n) is 13.4. The Morgan fingerprint density at radius 2 is 1.78 bits per heavy atom. The monoisotopic (exact) mass is 493 g/mol. The summed E-state index contributed by atoms with van der Waals surface area (Å²) in [7, 11) is 0. The number of carbonyl (C=O) groups excluding carboxylic acids is 1. The molecule has 7 nitrogen and oxygen atoms in total. The van der Waals surface area contributed by atoms with Gasteiger partial charge in [0.05, 0.1) is 29.1 Å². The zero-order chi connectivity index (χ0) is 24.9. The number of anilines is 1. The van der Waals surface area contributed by atoms with Crippen molar-refractivity contribution in [1.29, 1.82) is 0 Å². The number of benzene rings is 2. The van der Waals surface area contributed by atoms with Crippen molar-refractivity contribution in [3.8, 4) is 11.3 Å².